The fourth-order valence-electron chi connectivity index (χ4n) is 0.753. The maximum Gasteiger partial charge on any atom is 0.0615 e. The maximum atomic E-state index is 8.44. The molecule has 1 aromatic rings. The normalized spacial score (nSPS) is 9.46. The Labute approximate surface area is 79.5 Å². The largest absolute Gasteiger partial charge is 0.392 e. The summed E-state index contributed by atoms with van der Waals surface area (Å²) in [6.07, 6.45) is 3.61. The van der Waals surface area contributed by atoms with Crippen molar-refractivity contribution in [1.29, 1.82) is 0 Å². The number of hydrogen-bond acceptors (Lipinski definition) is 2. The first-order chi connectivity index (χ1) is 6.35. The zero-order valence-corrected chi connectivity index (χ0v) is 8.10. The molecule has 1 rings (SSSR count). The summed E-state index contributed by atoms with van der Waals surface area (Å²) in [6.45, 7) is 0.106. The molecule has 0 saturated carbocycles. The van der Waals surface area contributed by atoms with E-state index in [1.54, 1.807) is 20.3 Å². The van der Waals surface area contributed by atoms with E-state index < -0.39 is 0 Å². The van der Waals surface area contributed by atoms with Gasteiger partial charge >= 0.3 is 0 Å². The van der Waals surface area contributed by atoms with E-state index >= 15 is 0 Å². The molecule has 0 aliphatic rings. The first kappa shape index (κ1) is 11.9. The van der Waals surface area contributed by atoms with Crippen molar-refractivity contribution in [3.05, 3.63) is 42.0 Å². The Hall–Kier alpha value is -1.12. The average molecular weight is 180 g/mol. The predicted octanol–water partition coefficient (Wildman–Crippen LogP) is 1.95. The van der Waals surface area contributed by atoms with E-state index in [0.717, 1.165) is 5.56 Å². The van der Waals surface area contributed by atoms with Gasteiger partial charge in [-0.05, 0) is 5.56 Å². The van der Waals surface area contributed by atoms with E-state index in [1.165, 1.54) is 0 Å². The summed E-state index contributed by atoms with van der Waals surface area (Å²) in [4.78, 5) is 0. The average Bonchev–Trinajstić information content (AvgIpc) is 2.18. The van der Waals surface area contributed by atoms with Gasteiger partial charge in [-0.15, -0.1) is 0 Å². The first-order valence-corrected chi connectivity index (χ1v) is 4.07. The summed E-state index contributed by atoms with van der Waals surface area (Å²) >= 11 is 0. The van der Waals surface area contributed by atoms with Crippen LogP contribution in [0.4, 0.5) is 0 Å². The molecule has 0 spiro atoms. The van der Waals surface area contributed by atoms with Gasteiger partial charge in [0.05, 0.1) is 6.61 Å². The number of aliphatic hydroxyl groups is 1. The minimum atomic E-state index is 0.106. The lowest BCUT2D eigenvalue weighted by Crippen LogP contribution is -1.72. The Morgan fingerprint density at radius 3 is 2.23 bits per heavy atom. The first-order valence-electron chi connectivity index (χ1n) is 4.07. The molecule has 0 aliphatic heterocycles. The zero-order chi connectivity index (χ0) is 9.94. The summed E-state index contributed by atoms with van der Waals surface area (Å²) in [7, 11) is 3.25. The van der Waals surface area contributed by atoms with Gasteiger partial charge in [-0.3, -0.25) is 0 Å². The molecule has 0 fully saturated rings. The molecule has 72 valence electrons. The highest BCUT2D eigenvalue weighted by Gasteiger charge is 1.79. The predicted molar refractivity (Wildman–Crippen MR) is 55.5 cm³/mol. The van der Waals surface area contributed by atoms with Crippen LogP contribution in [-0.2, 0) is 4.74 Å². The molecule has 1 N–H and O–H groups in total. The molecule has 0 radical (unpaired) electrons. The SMILES string of the molecule is COC.OCC=Cc1ccccc1. The molecule has 2 heteroatoms. The molecule has 2 nitrogen and oxygen atoms in total. The van der Waals surface area contributed by atoms with Gasteiger partial charge in [-0.25, -0.2) is 0 Å². The third kappa shape index (κ3) is 7.25. The van der Waals surface area contributed by atoms with Crippen LogP contribution >= 0.6 is 0 Å². The Bertz CT molecular complexity index is 217. The summed E-state index contributed by atoms with van der Waals surface area (Å²) in [6, 6.07) is 9.89. The molecule has 1 aromatic carbocycles. The van der Waals surface area contributed by atoms with E-state index in [0.29, 0.717) is 0 Å². The van der Waals surface area contributed by atoms with Crippen LogP contribution < -0.4 is 0 Å². The van der Waals surface area contributed by atoms with E-state index in [1.807, 2.05) is 36.4 Å². The second-order valence-corrected chi connectivity index (χ2v) is 2.40. The molecule has 0 saturated heterocycles. The topological polar surface area (TPSA) is 29.5 Å². The number of ether oxygens (including phenoxy) is 1. The van der Waals surface area contributed by atoms with Crippen LogP contribution in [0.5, 0.6) is 0 Å². The smallest absolute Gasteiger partial charge is 0.0615 e. The molecule has 0 bridgehead atoms. The number of benzene rings is 1. The van der Waals surface area contributed by atoms with Crippen molar-refractivity contribution in [1.82, 2.24) is 0 Å². The van der Waals surface area contributed by atoms with Crippen molar-refractivity contribution in [3.63, 3.8) is 0 Å². The van der Waals surface area contributed by atoms with Crippen LogP contribution in [-0.4, -0.2) is 25.9 Å². The lowest BCUT2D eigenvalue weighted by atomic mass is 10.2. The zero-order valence-electron chi connectivity index (χ0n) is 8.10. The Kier molecular flexibility index (Phi) is 8.20. The lowest BCUT2D eigenvalue weighted by Gasteiger charge is -1.88. The second-order valence-electron chi connectivity index (χ2n) is 2.40. The molecule has 0 aromatic heterocycles. The van der Waals surface area contributed by atoms with Gasteiger partial charge in [0.1, 0.15) is 0 Å². The van der Waals surface area contributed by atoms with Crippen LogP contribution in [0.2, 0.25) is 0 Å². The maximum absolute atomic E-state index is 8.44. The Morgan fingerprint density at radius 1 is 1.23 bits per heavy atom. The molecule has 0 unspecified atom stereocenters. The van der Waals surface area contributed by atoms with E-state index in [4.69, 9.17) is 5.11 Å². The van der Waals surface area contributed by atoms with Gasteiger partial charge in [0.15, 0.2) is 0 Å². The van der Waals surface area contributed by atoms with Gasteiger partial charge in [0.25, 0.3) is 0 Å². The third-order valence-electron chi connectivity index (χ3n) is 1.22. The van der Waals surface area contributed by atoms with Crippen LogP contribution in [0.25, 0.3) is 6.08 Å². The minimum absolute atomic E-state index is 0.106. The monoisotopic (exact) mass is 180 g/mol. The molecular formula is C11H16O2. The summed E-state index contributed by atoms with van der Waals surface area (Å²) in [5, 5.41) is 8.44. The Balaban J connectivity index is 0.000000424. The van der Waals surface area contributed by atoms with Crippen LogP contribution in [0, 0.1) is 0 Å². The highest BCUT2D eigenvalue weighted by atomic mass is 16.4. The molecule has 0 amide bonds. The van der Waals surface area contributed by atoms with Gasteiger partial charge in [-0.2, -0.15) is 0 Å². The van der Waals surface area contributed by atoms with Crippen molar-refractivity contribution >= 4 is 6.08 Å². The highest BCUT2D eigenvalue weighted by molar-refractivity contribution is 5.48. The fraction of sp³-hybridized carbons (Fsp3) is 0.273. The van der Waals surface area contributed by atoms with Gasteiger partial charge in [0.2, 0.25) is 0 Å². The van der Waals surface area contributed by atoms with E-state index in [-0.39, 0.29) is 6.61 Å². The minimum Gasteiger partial charge on any atom is -0.392 e. The second kappa shape index (κ2) is 8.97. The van der Waals surface area contributed by atoms with Crippen molar-refractivity contribution in [2.24, 2.45) is 0 Å². The summed E-state index contributed by atoms with van der Waals surface area (Å²) < 4.78 is 4.25. The quantitative estimate of drug-likeness (QED) is 0.753. The molecule has 13 heavy (non-hydrogen) atoms. The number of hydrogen-bond donors (Lipinski definition) is 1. The number of aliphatic hydroxyl groups excluding tert-OH is 1. The lowest BCUT2D eigenvalue weighted by molar-refractivity contribution is 0.277. The van der Waals surface area contributed by atoms with E-state index in [9.17, 15) is 0 Å². The Morgan fingerprint density at radius 2 is 1.77 bits per heavy atom. The molecule has 0 aliphatic carbocycles. The van der Waals surface area contributed by atoms with Crippen molar-refractivity contribution in [3.8, 4) is 0 Å². The molecule has 0 atom stereocenters. The van der Waals surface area contributed by atoms with Crippen molar-refractivity contribution in [2.75, 3.05) is 20.8 Å². The van der Waals surface area contributed by atoms with Crippen molar-refractivity contribution < 1.29 is 9.84 Å². The standard InChI is InChI=1S/C9H10O.C2H6O/c10-8-4-7-9-5-2-1-3-6-9;1-3-2/h1-7,10H,8H2;1-2H3. The fourth-order valence-corrected chi connectivity index (χ4v) is 0.753. The van der Waals surface area contributed by atoms with Gasteiger partial charge < -0.3 is 9.84 Å². The van der Waals surface area contributed by atoms with Gasteiger partial charge in [-0.1, -0.05) is 42.5 Å². The summed E-state index contributed by atoms with van der Waals surface area (Å²) in [5.74, 6) is 0. The van der Waals surface area contributed by atoms with E-state index in [2.05, 4.69) is 4.74 Å². The number of rotatable bonds is 2. The van der Waals surface area contributed by atoms with Crippen molar-refractivity contribution in [2.45, 2.75) is 0 Å². The van der Waals surface area contributed by atoms with Crippen LogP contribution in [0.3, 0.4) is 0 Å². The highest BCUT2D eigenvalue weighted by Crippen LogP contribution is 1.99. The van der Waals surface area contributed by atoms with Crippen LogP contribution in [0.15, 0.2) is 36.4 Å². The molecular weight excluding hydrogens is 164 g/mol. The third-order valence-corrected chi connectivity index (χ3v) is 1.22. The van der Waals surface area contributed by atoms with Crippen LogP contribution in [0.1, 0.15) is 5.56 Å². The molecule has 0 heterocycles. The number of methoxy groups -OCH3 is 1. The summed E-state index contributed by atoms with van der Waals surface area (Å²) in [5.41, 5.74) is 1.12. The van der Waals surface area contributed by atoms with Gasteiger partial charge in [0, 0.05) is 14.2 Å².